The van der Waals surface area contributed by atoms with E-state index in [4.69, 9.17) is 4.74 Å². The lowest BCUT2D eigenvalue weighted by Gasteiger charge is -2.09. The molecule has 16 heavy (non-hydrogen) atoms. The molecule has 1 saturated carbocycles. The molecule has 0 N–H and O–H groups in total. The van der Waals surface area contributed by atoms with Gasteiger partial charge in [0.15, 0.2) is 0 Å². The molecule has 1 aromatic carbocycles. The second kappa shape index (κ2) is 4.12. The van der Waals surface area contributed by atoms with Crippen molar-refractivity contribution in [3.63, 3.8) is 0 Å². The molecule has 2 rings (SSSR count). The Morgan fingerprint density at radius 1 is 1.38 bits per heavy atom. The van der Waals surface area contributed by atoms with Crippen LogP contribution in [-0.4, -0.2) is 11.5 Å². The molecule has 0 heterocycles. The normalized spacial score (nSPS) is 14.9. The molecule has 1 aliphatic carbocycles. The molecule has 4 nitrogen and oxygen atoms in total. The van der Waals surface area contributed by atoms with Crippen LogP contribution in [0.1, 0.15) is 24.0 Å². The maximum atomic E-state index is 10.7. The van der Waals surface area contributed by atoms with E-state index in [1.54, 1.807) is 19.1 Å². The van der Waals surface area contributed by atoms with E-state index in [1.807, 2.05) is 6.92 Å². The van der Waals surface area contributed by atoms with Gasteiger partial charge in [-0.15, -0.1) is 0 Å². The molecule has 0 amide bonds. The predicted octanol–water partition coefficient (Wildman–Crippen LogP) is 3.00. The summed E-state index contributed by atoms with van der Waals surface area (Å²) in [6.07, 6.45) is 2.48. The first-order valence-electron chi connectivity index (χ1n) is 5.46. The monoisotopic (exact) mass is 221 g/mol. The lowest BCUT2D eigenvalue weighted by Crippen LogP contribution is -2.02. The minimum absolute atomic E-state index is 0.163. The van der Waals surface area contributed by atoms with Crippen LogP contribution in [0.3, 0.4) is 0 Å². The largest absolute Gasteiger partial charge is 0.493 e. The number of hydrogen-bond acceptors (Lipinski definition) is 3. The summed E-state index contributed by atoms with van der Waals surface area (Å²) in [6, 6.07) is 3.34. The summed E-state index contributed by atoms with van der Waals surface area (Å²) < 4.78 is 5.65. The summed E-state index contributed by atoms with van der Waals surface area (Å²) in [4.78, 5) is 10.4. The van der Waals surface area contributed by atoms with Crippen molar-refractivity contribution in [1.82, 2.24) is 0 Å². The van der Waals surface area contributed by atoms with Crippen LogP contribution in [0.2, 0.25) is 0 Å². The van der Waals surface area contributed by atoms with Gasteiger partial charge in [0.2, 0.25) is 0 Å². The van der Waals surface area contributed by atoms with Gasteiger partial charge in [0.1, 0.15) is 5.75 Å². The minimum Gasteiger partial charge on any atom is -0.493 e. The van der Waals surface area contributed by atoms with E-state index < -0.39 is 0 Å². The summed E-state index contributed by atoms with van der Waals surface area (Å²) in [6.45, 7) is 4.31. The van der Waals surface area contributed by atoms with E-state index in [0.29, 0.717) is 11.5 Å². The predicted molar refractivity (Wildman–Crippen MR) is 60.8 cm³/mol. The van der Waals surface area contributed by atoms with Crippen LogP contribution in [0, 0.1) is 29.9 Å². The van der Waals surface area contributed by atoms with Crippen molar-refractivity contribution in [1.29, 1.82) is 0 Å². The van der Waals surface area contributed by atoms with Gasteiger partial charge in [0.05, 0.1) is 11.5 Å². The van der Waals surface area contributed by atoms with Crippen molar-refractivity contribution >= 4 is 5.69 Å². The average molecular weight is 221 g/mol. The molecule has 0 radical (unpaired) electrons. The standard InChI is InChI=1S/C12H15NO3/c1-8-6-12(16-7-10-3-4-10)9(2)5-11(8)13(14)15/h5-6,10H,3-4,7H2,1-2H3. The van der Waals surface area contributed by atoms with Crippen molar-refractivity contribution in [2.45, 2.75) is 26.7 Å². The first-order valence-corrected chi connectivity index (χ1v) is 5.46. The highest BCUT2D eigenvalue weighted by Crippen LogP contribution is 2.32. The van der Waals surface area contributed by atoms with Crippen LogP contribution in [0.5, 0.6) is 5.75 Å². The number of nitro groups is 1. The Morgan fingerprint density at radius 2 is 2.06 bits per heavy atom. The van der Waals surface area contributed by atoms with E-state index in [2.05, 4.69) is 0 Å². The van der Waals surface area contributed by atoms with Gasteiger partial charge in [-0.25, -0.2) is 0 Å². The highest BCUT2D eigenvalue weighted by Gasteiger charge is 2.22. The van der Waals surface area contributed by atoms with Gasteiger partial charge in [0, 0.05) is 11.6 Å². The van der Waals surface area contributed by atoms with Gasteiger partial charge in [0.25, 0.3) is 5.69 Å². The van der Waals surface area contributed by atoms with E-state index in [9.17, 15) is 10.1 Å². The number of hydrogen-bond donors (Lipinski definition) is 0. The van der Waals surface area contributed by atoms with Crippen molar-refractivity contribution in [2.75, 3.05) is 6.61 Å². The molecule has 1 aliphatic rings. The van der Waals surface area contributed by atoms with Crippen molar-refractivity contribution in [3.05, 3.63) is 33.4 Å². The molecule has 0 saturated heterocycles. The zero-order valence-electron chi connectivity index (χ0n) is 9.53. The molecule has 86 valence electrons. The Hall–Kier alpha value is -1.58. The highest BCUT2D eigenvalue weighted by atomic mass is 16.6. The van der Waals surface area contributed by atoms with Crippen LogP contribution in [-0.2, 0) is 0 Å². The Bertz CT molecular complexity index is 425. The van der Waals surface area contributed by atoms with E-state index in [1.165, 1.54) is 12.8 Å². The van der Waals surface area contributed by atoms with Crippen LogP contribution in [0.4, 0.5) is 5.69 Å². The number of ether oxygens (including phenoxy) is 1. The number of rotatable bonds is 4. The third kappa shape index (κ3) is 2.32. The lowest BCUT2D eigenvalue weighted by atomic mass is 10.1. The van der Waals surface area contributed by atoms with E-state index in [0.717, 1.165) is 17.9 Å². The first-order chi connectivity index (χ1) is 7.58. The number of nitrogens with zero attached hydrogens (tertiary/aromatic N) is 1. The van der Waals surface area contributed by atoms with Crippen molar-refractivity contribution in [3.8, 4) is 5.75 Å². The van der Waals surface area contributed by atoms with Gasteiger partial charge in [-0.3, -0.25) is 10.1 Å². The second-order valence-corrected chi connectivity index (χ2v) is 4.42. The SMILES string of the molecule is Cc1cc([N+](=O)[O-])c(C)cc1OCC1CC1. The zero-order chi connectivity index (χ0) is 11.7. The van der Waals surface area contributed by atoms with Crippen LogP contribution in [0.25, 0.3) is 0 Å². The summed E-state index contributed by atoms with van der Waals surface area (Å²) in [5, 5.41) is 10.7. The summed E-state index contributed by atoms with van der Waals surface area (Å²) in [5.41, 5.74) is 1.65. The first kappa shape index (κ1) is 10.9. The Labute approximate surface area is 94.4 Å². The quantitative estimate of drug-likeness (QED) is 0.580. The lowest BCUT2D eigenvalue weighted by molar-refractivity contribution is -0.385. The summed E-state index contributed by atoms with van der Waals surface area (Å²) >= 11 is 0. The minimum atomic E-state index is -0.354. The molecule has 1 aromatic rings. The van der Waals surface area contributed by atoms with Crippen molar-refractivity contribution < 1.29 is 9.66 Å². The van der Waals surface area contributed by atoms with E-state index in [-0.39, 0.29) is 10.6 Å². The van der Waals surface area contributed by atoms with Gasteiger partial charge in [-0.05, 0) is 44.2 Å². The molecule has 0 spiro atoms. The number of benzene rings is 1. The average Bonchev–Trinajstić information content (AvgIpc) is 3.02. The molecule has 0 atom stereocenters. The second-order valence-electron chi connectivity index (χ2n) is 4.42. The topological polar surface area (TPSA) is 52.4 Å². The number of aryl methyl sites for hydroxylation is 2. The summed E-state index contributed by atoms with van der Waals surface area (Å²) in [5.74, 6) is 1.46. The molecule has 4 heteroatoms. The van der Waals surface area contributed by atoms with E-state index >= 15 is 0 Å². The molecular formula is C12H15NO3. The maximum Gasteiger partial charge on any atom is 0.272 e. The molecule has 1 fully saturated rings. The molecule has 0 aliphatic heterocycles. The molecule has 0 bridgehead atoms. The summed E-state index contributed by atoms with van der Waals surface area (Å²) in [7, 11) is 0. The molecule has 0 unspecified atom stereocenters. The number of nitro benzene ring substituents is 1. The maximum absolute atomic E-state index is 10.7. The van der Waals surface area contributed by atoms with Gasteiger partial charge in [-0.2, -0.15) is 0 Å². The van der Waals surface area contributed by atoms with Crippen LogP contribution < -0.4 is 4.74 Å². The van der Waals surface area contributed by atoms with Crippen molar-refractivity contribution in [2.24, 2.45) is 5.92 Å². The Kier molecular flexibility index (Phi) is 2.81. The zero-order valence-corrected chi connectivity index (χ0v) is 9.53. The smallest absolute Gasteiger partial charge is 0.272 e. The van der Waals surface area contributed by atoms with Crippen LogP contribution in [0.15, 0.2) is 12.1 Å². The fourth-order valence-electron chi connectivity index (χ4n) is 1.62. The Morgan fingerprint density at radius 3 is 2.62 bits per heavy atom. The fourth-order valence-corrected chi connectivity index (χ4v) is 1.62. The van der Waals surface area contributed by atoms with Gasteiger partial charge in [-0.1, -0.05) is 0 Å². The van der Waals surface area contributed by atoms with Gasteiger partial charge < -0.3 is 4.74 Å². The molecule has 0 aromatic heterocycles. The highest BCUT2D eigenvalue weighted by molar-refractivity contribution is 5.49. The Balaban J connectivity index is 2.18. The van der Waals surface area contributed by atoms with Gasteiger partial charge >= 0.3 is 0 Å². The third-order valence-electron chi connectivity index (χ3n) is 2.86. The van der Waals surface area contributed by atoms with Crippen LogP contribution >= 0.6 is 0 Å². The fraction of sp³-hybridized carbons (Fsp3) is 0.500. The third-order valence-corrected chi connectivity index (χ3v) is 2.86. The molecular weight excluding hydrogens is 206 g/mol.